The number of ether oxygens (including phenoxy) is 3. The lowest BCUT2D eigenvalue weighted by molar-refractivity contribution is -0.135. The Labute approximate surface area is 236 Å². The van der Waals surface area contributed by atoms with Crippen molar-refractivity contribution < 1.29 is 33.4 Å². The third-order valence-corrected chi connectivity index (χ3v) is 8.35. The zero-order valence-corrected chi connectivity index (χ0v) is 23.8. The monoisotopic (exact) mass is 557 g/mol. The van der Waals surface area contributed by atoms with Crippen LogP contribution < -0.4 is 20.7 Å². The van der Waals surface area contributed by atoms with E-state index < -0.39 is 35.5 Å². The van der Waals surface area contributed by atoms with Crippen LogP contribution in [0.25, 0.3) is 0 Å². The fourth-order valence-corrected chi connectivity index (χ4v) is 5.56. The molecule has 1 aliphatic carbocycles. The maximum Gasteiger partial charge on any atom is 0.243 e. The van der Waals surface area contributed by atoms with Crippen molar-refractivity contribution in [1.82, 2.24) is 16.0 Å². The molecule has 40 heavy (non-hydrogen) atoms. The number of methoxy groups -OCH3 is 1. The summed E-state index contributed by atoms with van der Waals surface area (Å²) in [5, 5.41) is 8.57. The van der Waals surface area contributed by atoms with E-state index >= 15 is 0 Å². The molecule has 0 spiro atoms. The Morgan fingerprint density at radius 1 is 0.950 bits per heavy atom. The summed E-state index contributed by atoms with van der Waals surface area (Å²) >= 11 is 0. The molecule has 2 aliphatic heterocycles. The van der Waals surface area contributed by atoms with Gasteiger partial charge in [-0.1, -0.05) is 37.8 Å². The second-order valence-electron chi connectivity index (χ2n) is 11.6. The molecule has 0 radical (unpaired) electrons. The van der Waals surface area contributed by atoms with E-state index in [1.807, 2.05) is 12.1 Å². The number of benzene rings is 1. The van der Waals surface area contributed by atoms with E-state index in [0.29, 0.717) is 50.8 Å². The van der Waals surface area contributed by atoms with Gasteiger partial charge in [-0.15, -0.1) is 0 Å². The highest BCUT2D eigenvalue weighted by atomic mass is 16.6. The molecule has 1 aromatic carbocycles. The third-order valence-electron chi connectivity index (χ3n) is 8.35. The molecule has 1 aromatic rings. The molecule has 3 amide bonds. The van der Waals surface area contributed by atoms with Gasteiger partial charge in [0.2, 0.25) is 17.7 Å². The van der Waals surface area contributed by atoms with Crippen molar-refractivity contribution in [2.24, 2.45) is 11.8 Å². The van der Waals surface area contributed by atoms with Crippen molar-refractivity contribution in [3.05, 3.63) is 29.8 Å². The van der Waals surface area contributed by atoms with Crippen LogP contribution in [0.1, 0.15) is 64.4 Å². The van der Waals surface area contributed by atoms with Gasteiger partial charge in [0.25, 0.3) is 0 Å². The first-order chi connectivity index (χ1) is 19.2. The van der Waals surface area contributed by atoms with Crippen molar-refractivity contribution >= 4 is 23.5 Å². The van der Waals surface area contributed by atoms with Crippen molar-refractivity contribution in [1.29, 1.82) is 0 Å². The van der Waals surface area contributed by atoms with Crippen LogP contribution in [0.5, 0.6) is 5.75 Å². The van der Waals surface area contributed by atoms with E-state index in [1.54, 1.807) is 33.1 Å². The smallest absolute Gasteiger partial charge is 0.243 e. The SMILES string of the molecule is COc1ccc(CC(NC(=O)C(C)NC(=O)C2CCOCC2)C(=O)NC(CC2CCCC2)C(=O)C2(C)CO2)cc1. The van der Waals surface area contributed by atoms with Gasteiger partial charge < -0.3 is 30.2 Å². The lowest BCUT2D eigenvalue weighted by Crippen LogP contribution is -2.57. The van der Waals surface area contributed by atoms with Crippen LogP contribution in [-0.2, 0) is 35.1 Å². The van der Waals surface area contributed by atoms with E-state index in [-0.39, 0.29) is 24.0 Å². The van der Waals surface area contributed by atoms with E-state index in [1.165, 1.54) is 0 Å². The van der Waals surface area contributed by atoms with Gasteiger partial charge in [0.05, 0.1) is 19.8 Å². The van der Waals surface area contributed by atoms with Crippen LogP contribution in [0.15, 0.2) is 24.3 Å². The molecule has 2 heterocycles. The molecule has 3 aliphatic rings. The second-order valence-corrected chi connectivity index (χ2v) is 11.6. The molecule has 2 saturated heterocycles. The normalized spacial score (nSPS) is 23.5. The summed E-state index contributed by atoms with van der Waals surface area (Å²) in [5.41, 5.74) is -0.0508. The van der Waals surface area contributed by atoms with Gasteiger partial charge in [-0.2, -0.15) is 0 Å². The molecule has 220 valence electrons. The largest absolute Gasteiger partial charge is 0.497 e. The molecule has 4 rings (SSSR count). The van der Waals surface area contributed by atoms with Crippen LogP contribution in [0.3, 0.4) is 0 Å². The van der Waals surface area contributed by atoms with Crippen molar-refractivity contribution in [2.45, 2.75) is 88.9 Å². The topological polar surface area (TPSA) is 135 Å². The number of carbonyl (C=O) groups is 4. The number of epoxide rings is 1. The van der Waals surface area contributed by atoms with Gasteiger partial charge >= 0.3 is 0 Å². The Balaban J connectivity index is 1.46. The first-order valence-electron chi connectivity index (χ1n) is 14.5. The molecule has 1 saturated carbocycles. The van der Waals surface area contributed by atoms with Crippen molar-refractivity contribution in [3.63, 3.8) is 0 Å². The molecule has 0 bridgehead atoms. The fourth-order valence-electron chi connectivity index (χ4n) is 5.56. The lowest BCUT2D eigenvalue weighted by Gasteiger charge is -2.27. The number of Topliss-reactive ketones (excluding diaryl/α,β-unsaturated/α-hetero) is 1. The zero-order valence-electron chi connectivity index (χ0n) is 23.8. The summed E-state index contributed by atoms with van der Waals surface area (Å²) in [6, 6.07) is 4.78. The Kier molecular flexibility index (Phi) is 10.2. The summed E-state index contributed by atoms with van der Waals surface area (Å²) in [6.07, 6.45) is 6.32. The predicted molar refractivity (Wildman–Crippen MR) is 148 cm³/mol. The maximum atomic E-state index is 13.7. The summed E-state index contributed by atoms with van der Waals surface area (Å²) in [6.45, 7) is 4.75. The fraction of sp³-hybridized carbons (Fsp3) is 0.667. The first kappa shape index (κ1) is 30.0. The molecule has 3 fully saturated rings. The third kappa shape index (κ3) is 8.04. The van der Waals surface area contributed by atoms with Gasteiger partial charge in [0.15, 0.2) is 5.78 Å². The minimum Gasteiger partial charge on any atom is -0.497 e. The number of hydrogen-bond acceptors (Lipinski definition) is 7. The van der Waals surface area contributed by atoms with Crippen LogP contribution in [-0.4, -0.2) is 74.2 Å². The Hall–Kier alpha value is -2.98. The van der Waals surface area contributed by atoms with E-state index in [9.17, 15) is 19.2 Å². The molecular formula is C30H43N3O7. The number of nitrogens with one attached hydrogen (secondary N) is 3. The summed E-state index contributed by atoms with van der Waals surface area (Å²) in [7, 11) is 1.58. The van der Waals surface area contributed by atoms with E-state index in [2.05, 4.69) is 16.0 Å². The average molecular weight is 558 g/mol. The minimum absolute atomic E-state index is 0.126. The van der Waals surface area contributed by atoms with Crippen molar-refractivity contribution in [3.8, 4) is 5.75 Å². The van der Waals surface area contributed by atoms with Gasteiger partial charge in [-0.3, -0.25) is 19.2 Å². The van der Waals surface area contributed by atoms with Gasteiger partial charge in [0.1, 0.15) is 23.4 Å². The average Bonchev–Trinajstić information content (AvgIpc) is 3.50. The van der Waals surface area contributed by atoms with Gasteiger partial charge in [-0.05, 0) is 56.7 Å². The first-order valence-corrected chi connectivity index (χ1v) is 14.5. The molecule has 10 heteroatoms. The number of ketones is 1. The van der Waals surface area contributed by atoms with Crippen LogP contribution in [0.4, 0.5) is 0 Å². The number of amides is 3. The number of carbonyl (C=O) groups excluding carboxylic acids is 4. The molecule has 10 nitrogen and oxygen atoms in total. The molecule has 4 atom stereocenters. The quantitative estimate of drug-likeness (QED) is 0.316. The Bertz CT molecular complexity index is 1040. The molecule has 4 unspecified atom stereocenters. The molecule has 0 aromatic heterocycles. The molecular weight excluding hydrogens is 514 g/mol. The maximum absolute atomic E-state index is 13.7. The lowest BCUT2D eigenvalue weighted by atomic mass is 9.90. The van der Waals surface area contributed by atoms with Gasteiger partial charge in [0, 0.05) is 25.6 Å². The minimum atomic E-state index is -0.949. The molecule has 3 N–H and O–H groups in total. The second kappa shape index (κ2) is 13.6. The predicted octanol–water partition coefficient (Wildman–Crippen LogP) is 2.08. The van der Waals surface area contributed by atoms with Gasteiger partial charge in [-0.25, -0.2) is 0 Å². The Morgan fingerprint density at radius 2 is 1.57 bits per heavy atom. The van der Waals surface area contributed by atoms with E-state index in [4.69, 9.17) is 14.2 Å². The van der Waals surface area contributed by atoms with Crippen LogP contribution in [0, 0.1) is 11.8 Å². The van der Waals surface area contributed by atoms with E-state index in [0.717, 1.165) is 31.2 Å². The zero-order chi connectivity index (χ0) is 28.7. The standard InChI is InChI=1S/C30H43N3O7/c1-19(31-28(36)22-12-14-39-15-13-22)27(35)33-25(17-21-8-10-23(38-3)11-9-21)29(37)32-24(16-20-6-4-5-7-20)26(34)30(2)18-40-30/h8-11,19-20,22,24-25H,4-7,12-18H2,1-3H3,(H,31,36)(H,32,37)(H,33,35). The van der Waals surface area contributed by atoms with Crippen LogP contribution in [0.2, 0.25) is 0 Å². The number of rotatable bonds is 13. The highest BCUT2D eigenvalue weighted by molar-refractivity contribution is 5.98. The van der Waals surface area contributed by atoms with Crippen molar-refractivity contribution in [2.75, 3.05) is 26.9 Å². The summed E-state index contributed by atoms with van der Waals surface area (Å²) in [5.74, 6) is -0.375. The Morgan fingerprint density at radius 3 is 2.17 bits per heavy atom. The highest BCUT2D eigenvalue weighted by Crippen LogP contribution is 2.33. The summed E-state index contributed by atoms with van der Waals surface area (Å²) < 4.78 is 16.0. The van der Waals surface area contributed by atoms with Crippen LogP contribution >= 0.6 is 0 Å². The summed E-state index contributed by atoms with van der Waals surface area (Å²) in [4.78, 5) is 52.9. The highest BCUT2D eigenvalue weighted by Gasteiger charge is 2.50. The number of hydrogen-bond donors (Lipinski definition) is 3.